The molecule has 224 valence electrons. The first kappa shape index (κ1) is 31.2. The van der Waals surface area contributed by atoms with E-state index >= 15 is 0 Å². The smallest absolute Gasteiger partial charge is 0.247 e. The minimum atomic E-state index is -0.762. The van der Waals surface area contributed by atoms with Crippen molar-refractivity contribution in [1.29, 1.82) is 0 Å². The van der Waals surface area contributed by atoms with Crippen molar-refractivity contribution in [2.45, 2.75) is 81.5 Å². The molecule has 3 fully saturated rings. The van der Waals surface area contributed by atoms with Crippen molar-refractivity contribution in [1.82, 2.24) is 9.80 Å². The zero-order valence-corrected chi connectivity index (χ0v) is 25.9. The number of fused-ring (bicyclic) bond motifs is 1. The van der Waals surface area contributed by atoms with E-state index in [0.717, 1.165) is 12.2 Å². The normalized spacial score (nSPS) is 27.4. The molecule has 9 heteroatoms. The first-order valence-corrected chi connectivity index (χ1v) is 15.6. The SMILES string of the molecule is C=CCN(C(=O)[C@@H]1[C@H]2C(=O)N([C@@H](CC)CO)C(C(=O)N(CC=C)C(C)(C)C)C23CC[C@H]1S3)c1ccc(OCC)cc1. The summed E-state index contributed by atoms with van der Waals surface area (Å²) in [5.41, 5.74) is 0.211. The number of carbonyl (C=O) groups is 3. The summed E-state index contributed by atoms with van der Waals surface area (Å²) < 4.78 is 4.85. The number of carbonyl (C=O) groups excluding carboxylic acids is 3. The van der Waals surface area contributed by atoms with Crippen LogP contribution in [0.4, 0.5) is 5.69 Å². The largest absolute Gasteiger partial charge is 0.494 e. The number of hydrogen-bond donors (Lipinski definition) is 1. The van der Waals surface area contributed by atoms with E-state index in [1.165, 1.54) is 0 Å². The Balaban J connectivity index is 1.77. The highest BCUT2D eigenvalue weighted by atomic mass is 32.2. The van der Waals surface area contributed by atoms with Crippen LogP contribution in [0, 0.1) is 11.8 Å². The van der Waals surface area contributed by atoms with E-state index in [1.54, 1.807) is 38.6 Å². The average molecular weight is 584 g/mol. The summed E-state index contributed by atoms with van der Waals surface area (Å²) in [5.74, 6) is -0.973. The number of hydrogen-bond acceptors (Lipinski definition) is 6. The lowest BCUT2D eigenvalue weighted by Crippen LogP contribution is -2.60. The summed E-state index contributed by atoms with van der Waals surface area (Å²) in [7, 11) is 0. The molecule has 6 atom stereocenters. The monoisotopic (exact) mass is 583 g/mol. The molecule has 3 amide bonds. The van der Waals surface area contributed by atoms with Gasteiger partial charge in [-0.2, -0.15) is 0 Å². The van der Waals surface area contributed by atoms with Gasteiger partial charge in [-0.05, 0) is 71.2 Å². The average Bonchev–Trinajstić information content (AvgIpc) is 3.58. The number of aliphatic hydroxyl groups is 1. The molecule has 8 nitrogen and oxygen atoms in total. The minimum absolute atomic E-state index is 0.0689. The Hall–Kier alpha value is -2.78. The van der Waals surface area contributed by atoms with Gasteiger partial charge in [0.25, 0.3) is 0 Å². The summed E-state index contributed by atoms with van der Waals surface area (Å²) in [6.07, 6.45) is 5.33. The lowest BCUT2D eigenvalue weighted by atomic mass is 9.70. The van der Waals surface area contributed by atoms with E-state index in [9.17, 15) is 19.5 Å². The maximum atomic E-state index is 14.5. The van der Waals surface area contributed by atoms with Gasteiger partial charge in [-0.1, -0.05) is 19.1 Å². The molecule has 41 heavy (non-hydrogen) atoms. The molecule has 1 aromatic carbocycles. The Morgan fingerprint density at radius 1 is 1.17 bits per heavy atom. The Bertz CT molecular complexity index is 1160. The molecular formula is C32H45N3O5S. The van der Waals surface area contributed by atoms with Gasteiger partial charge in [0.15, 0.2) is 0 Å². The van der Waals surface area contributed by atoms with E-state index in [-0.39, 0.29) is 29.6 Å². The van der Waals surface area contributed by atoms with Crippen LogP contribution in [-0.4, -0.2) is 86.6 Å². The summed E-state index contributed by atoms with van der Waals surface area (Å²) in [6, 6.07) is 6.11. The third-order valence-electron chi connectivity index (χ3n) is 8.76. The zero-order valence-electron chi connectivity index (χ0n) is 25.0. The number of nitrogens with zero attached hydrogens (tertiary/aromatic N) is 3. The molecule has 3 heterocycles. The van der Waals surface area contributed by atoms with Crippen LogP contribution in [0.15, 0.2) is 49.6 Å². The molecule has 3 aliphatic rings. The fourth-order valence-corrected chi connectivity index (χ4v) is 9.14. The third-order valence-corrected chi connectivity index (χ3v) is 10.7. The van der Waals surface area contributed by atoms with Crippen LogP contribution >= 0.6 is 11.8 Å². The number of benzene rings is 1. The third kappa shape index (κ3) is 5.31. The molecule has 0 radical (unpaired) electrons. The van der Waals surface area contributed by atoms with Crippen LogP contribution in [0.3, 0.4) is 0 Å². The van der Waals surface area contributed by atoms with Crippen molar-refractivity contribution in [3.63, 3.8) is 0 Å². The van der Waals surface area contributed by atoms with E-state index in [4.69, 9.17) is 4.74 Å². The number of ether oxygens (including phenoxy) is 1. The molecular weight excluding hydrogens is 538 g/mol. The number of aliphatic hydroxyl groups excluding tert-OH is 1. The number of amides is 3. The fourth-order valence-electron chi connectivity index (χ4n) is 6.95. The van der Waals surface area contributed by atoms with Crippen LogP contribution in [0.2, 0.25) is 0 Å². The van der Waals surface area contributed by atoms with Gasteiger partial charge in [0, 0.05) is 29.6 Å². The van der Waals surface area contributed by atoms with Crippen LogP contribution in [0.5, 0.6) is 5.75 Å². The fraction of sp³-hybridized carbons (Fsp3) is 0.594. The molecule has 0 aromatic heterocycles. The molecule has 2 unspecified atom stereocenters. The Kier molecular flexibility index (Phi) is 9.29. The molecule has 1 aromatic rings. The van der Waals surface area contributed by atoms with Gasteiger partial charge in [-0.3, -0.25) is 14.4 Å². The molecule has 0 aliphatic carbocycles. The summed E-state index contributed by atoms with van der Waals surface area (Å²) in [4.78, 5) is 48.4. The highest BCUT2D eigenvalue weighted by Gasteiger charge is 2.74. The van der Waals surface area contributed by atoms with Crippen molar-refractivity contribution in [2.24, 2.45) is 11.8 Å². The van der Waals surface area contributed by atoms with Gasteiger partial charge in [-0.25, -0.2) is 0 Å². The standard InChI is InChI=1S/C32H45N3O5S/c1-8-18-33(22-12-14-23(15-13-22)40-11-4)28(37)25-24-16-17-32(41-24)26(25)29(38)35(21(10-3)20-36)27(32)30(39)34(19-9-2)31(5,6)7/h8-9,12-15,21,24-27,36H,1-2,10-11,16-20H2,3-7H3/t21-,24+,25-,26-,27?,32?/m0/s1. The molecule has 1 spiro atoms. The number of rotatable bonds is 12. The molecule has 3 saturated heterocycles. The lowest BCUT2D eigenvalue weighted by molar-refractivity contribution is -0.148. The van der Waals surface area contributed by atoms with E-state index < -0.39 is 34.2 Å². The highest BCUT2D eigenvalue weighted by molar-refractivity contribution is 8.02. The summed E-state index contributed by atoms with van der Waals surface area (Å²) >= 11 is 1.64. The quantitative estimate of drug-likeness (QED) is 0.370. The van der Waals surface area contributed by atoms with Crippen LogP contribution in [-0.2, 0) is 14.4 Å². The van der Waals surface area contributed by atoms with Gasteiger partial charge >= 0.3 is 0 Å². The van der Waals surface area contributed by atoms with E-state index in [0.29, 0.717) is 38.2 Å². The predicted molar refractivity (Wildman–Crippen MR) is 164 cm³/mol. The number of anilines is 1. The van der Waals surface area contributed by atoms with Gasteiger partial charge in [0.1, 0.15) is 11.8 Å². The van der Waals surface area contributed by atoms with Crippen LogP contribution < -0.4 is 9.64 Å². The van der Waals surface area contributed by atoms with Crippen molar-refractivity contribution < 1.29 is 24.2 Å². The van der Waals surface area contributed by atoms with Gasteiger partial charge in [0.2, 0.25) is 17.7 Å². The van der Waals surface area contributed by atoms with Crippen molar-refractivity contribution in [2.75, 3.05) is 31.2 Å². The predicted octanol–water partition coefficient (Wildman–Crippen LogP) is 4.28. The second-order valence-corrected chi connectivity index (χ2v) is 13.7. The topological polar surface area (TPSA) is 90.4 Å². The van der Waals surface area contributed by atoms with Gasteiger partial charge < -0.3 is 24.5 Å². The number of likely N-dealkylation sites (tertiary alicyclic amines) is 1. The molecule has 2 bridgehead atoms. The summed E-state index contributed by atoms with van der Waals surface area (Å²) in [5, 5.41) is 10.3. The van der Waals surface area contributed by atoms with Gasteiger partial charge in [-0.15, -0.1) is 24.9 Å². The second-order valence-electron chi connectivity index (χ2n) is 12.1. The molecule has 1 N–H and O–H groups in total. The maximum Gasteiger partial charge on any atom is 0.247 e. The van der Waals surface area contributed by atoms with Crippen molar-refractivity contribution in [3.05, 3.63) is 49.6 Å². The Morgan fingerprint density at radius 3 is 2.37 bits per heavy atom. The van der Waals surface area contributed by atoms with E-state index in [2.05, 4.69) is 13.2 Å². The van der Waals surface area contributed by atoms with E-state index in [1.807, 2.05) is 58.9 Å². The van der Waals surface area contributed by atoms with Crippen LogP contribution in [0.1, 0.15) is 53.9 Å². The van der Waals surface area contributed by atoms with Crippen molar-refractivity contribution in [3.8, 4) is 5.75 Å². The zero-order chi connectivity index (χ0) is 30.1. The minimum Gasteiger partial charge on any atom is -0.494 e. The molecule has 4 rings (SSSR count). The maximum absolute atomic E-state index is 14.5. The van der Waals surface area contributed by atoms with Crippen molar-refractivity contribution >= 4 is 35.2 Å². The Morgan fingerprint density at radius 2 is 1.83 bits per heavy atom. The van der Waals surface area contributed by atoms with Gasteiger partial charge in [0.05, 0.1) is 35.8 Å². The summed E-state index contributed by atoms with van der Waals surface area (Å²) in [6.45, 7) is 18.5. The lowest BCUT2D eigenvalue weighted by Gasteiger charge is -2.43. The Labute approximate surface area is 248 Å². The first-order valence-electron chi connectivity index (χ1n) is 14.7. The number of thioether (sulfide) groups is 1. The second kappa shape index (κ2) is 12.2. The first-order chi connectivity index (χ1) is 19.5. The van der Waals surface area contributed by atoms with Crippen LogP contribution in [0.25, 0.3) is 0 Å². The molecule has 3 aliphatic heterocycles. The highest BCUT2D eigenvalue weighted by Crippen LogP contribution is 2.67. The molecule has 0 saturated carbocycles.